The molecule has 0 heterocycles. The maximum atomic E-state index is 8.18. The number of nitrogens with zero attached hydrogens (tertiary/aromatic N) is 2. The van der Waals surface area contributed by atoms with E-state index in [1.54, 1.807) is 7.05 Å². The van der Waals surface area contributed by atoms with Crippen LogP contribution >= 0.6 is 15.9 Å². The molecule has 0 radical (unpaired) electrons. The molecule has 0 aromatic carbocycles. The first kappa shape index (κ1) is 7.38. The Kier molecular flexibility index (Phi) is 3.13. The summed E-state index contributed by atoms with van der Waals surface area (Å²) in [4.78, 5) is 3.67. The van der Waals surface area contributed by atoms with Crippen molar-refractivity contribution >= 4 is 20.6 Å². The molecule has 0 aliphatic carbocycles. The second-order valence-electron chi connectivity index (χ2n) is 1.10. The fraction of sp³-hybridized carbons (Fsp3) is 0.200. The van der Waals surface area contributed by atoms with Gasteiger partial charge in [-0.1, -0.05) is 6.58 Å². The van der Waals surface area contributed by atoms with Crippen molar-refractivity contribution < 1.29 is 0 Å². The SMILES string of the molecule is C=C(C#N)/C(Br)=N\C. The van der Waals surface area contributed by atoms with Crippen molar-refractivity contribution in [2.45, 2.75) is 0 Å². The van der Waals surface area contributed by atoms with Crippen molar-refractivity contribution in [2.24, 2.45) is 4.99 Å². The van der Waals surface area contributed by atoms with Crippen molar-refractivity contribution in [1.82, 2.24) is 0 Å². The third kappa shape index (κ3) is 1.90. The fourth-order valence-corrected chi connectivity index (χ4v) is 0.270. The van der Waals surface area contributed by atoms with Gasteiger partial charge in [0.15, 0.2) is 0 Å². The zero-order valence-corrected chi connectivity index (χ0v) is 6.07. The predicted molar refractivity (Wildman–Crippen MR) is 37.0 cm³/mol. The maximum absolute atomic E-state index is 8.18. The first-order valence-electron chi connectivity index (χ1n) is 1.94. The Morgan fingerprint density at radius 1 is 1.88 bits per heavy atom. The van der Waals surface area contributed by atoms with E-state index in [1.807, 2.05) is 6.07 Å². The molecule has 0 aromatic heterocycles. The molecule has 0 aliphatic rings. The summed E-state index contributed by atoms with van der Waals surface area (Å²) < 4.78 is 0.514. The van der Waals surface area contributed by atoms with E-state index in [2.05, 4.69) is 27.5 Å². The molecule has 0 fully saturated rings. The molecular formula is C5H5BrN2. The Morgan fingerprint density at radius 3 is 2.50 bits per heavy atom. The molecule has 2 nitrogen and oxygen atoms in total. The highest BCUT2D eigenvalue weighted by Gasteiger charge is 1.93. The standard InChI is InChI=1S/C5H5BrN2/c1-4(3-7)5(6)8-2/h1H2,2H3/b8-5+. The second-order valence-corrected chi connectivity index (χ2v) is 1.86. The predicted octanol–water partition coefficient (Wildman–Crippen LogP) is 1.49. The summed E-state index contributed by atoms with van der Waals surface area (Å²) in [5, 5.41) is 8.18. The van der Waals surface area contributed by atoms with Crippen LogP contribution in [0.3, 0.4) is 0 Å². The highest BCUT2D eigenvalue weighted by Crippen LogP contribution is 1.98. The first-order valence-corrected chi connectivity index (χ1v) is 2.73. The molecule has 3 heteroatoms. The van der Waals surface area contributed by atoms with Crippen molar-refractivity contribution in [3.05, 3.63) is 12.2 Å². The van der Waals surface area contributed by atoms with Gasteiger partial charge in [0, 0.05) is 7.05 Å². The summed E-state index contributed by atoms with van der Waals surface area (Å²) in [5.74, 6) is 0. The van der Waals surface area contributed by atoms with E-state index in [1.165, 1.54) is 0 Å². The highest BCUT2D eigenvalue weighted by atomic mass is 79.9. The summed E-state index contributed by atoms with van der Waals surface area (Å²) in [6.45, 7) is 3.41. The Hall–Kier alpha value is -0.620. The minimum atomic E-state index is 0.354. The average Bonchev–Trinajstić information content (AvgIpc) is 1.84. The smallest absolute Gasteiger partial charge is 0.117 e. The molecule has 0 rings (SSSR count). The van der Waals surface area contributed by atoms with E-state index < -0.39 is 0 Å². The molecule has 0 spiro atoms. The van der Waals surface area contributed by atoms with Crippen LogP contribution in [0.1, 0.15) is 0 Å². The van der Waals surface area contributed by atoms with Crippen LogP contribution in [-0.4, -0.2) is 11.7 Å². The Bertz CT molecular complexity index is 164. The Balaban J connectivity index is 4.10. The molecule has 0 aromatic rings. The summed E-state index contributed by atoms with van der Waals surface area (Å²) >= 11 is 3.03. The molecule has 0 aliphatic heterocycles. The van der Waals surface area contributed by atoms with Gasteiger partial charge in [-0.25, -0.2) is 0 Å². The van der Waals surface area contributed by atoms with Crippen molar-refractivity contribution in [1.29, 1.82) is 5.26 Å². The van der Waals surface area contributed by atoms with Crippen LogP contribution in [0.2, 0.25) is 0 Å². The van der Waals surface area contributed by atoms with E-state index in [-0.39, 0.29) is 0 Å². The normalized spacial score (nSPS) is 10.4. The molecule has 0 atom stereocenters. The molecule has 0 saturated carbocycles. The second kappa shape index (κ2) is 3.39. The van der Waals surface area contributed by atoms with Crippen LogP contribution in [0, 0.1) is 11.3 Å². The molecule has 42 valence electrons. The van der Waals surface area contributed by atoms with Gasteiger partial charge in [0.1, 0.15) is 10.7 Å². The lowest BCUT2D eigenvalue weighted by Crippen LogP contribution is -1.85. The number of hydrogen-bond donors (Lipinski definition) is 0. The number of rotatable bonds is 1. The third-order valence-electron chi connectivity index (χ3n) is 0.580. The van der Waals surface area contributed by atoms with Gasteiger partial charge in [0.05, 0.1) is 5.57 Å². The van der Waals surface area contributed by atoms with Crippen molar-refractivity contribution in [3.8, 4) is 6.07 Å². The van der Waals surface area contributed by atoms with Gasteiger partial charge in [0.2, 0.25) is 0 Å². The van der Waals surface area contributed by atoms with Gasteiger partial charge >= 0.3 is 0 Å². The van der Waals surface area contributed by atoms with Crippen LogP contribution in [0.25, 0.3) is 0 Å². The minimum Gasteiger partial charge on any atom is -0.280 e. The summed E-state index contributed by atoms with van der Waals surface area (Å²) in [7, 11) is 1.59. The van der Waals surface area contributed by atoms with E-state index in [0.717, 1.165) is 0 Å². The number of aliphatic imine (C=N–C) groups is 1. The monoisotopic (exact) mass is 172 g/mol. The topological polar surface area (TPSA) is 36.1 Å². The molecule has 0 bridgehead atoms. The zero-order valence-electron chi connectivity index (χ0n) is 4.48. The fourth-order valence-electron chi connectivity index (χ4n) is 0.181. The van der Waals surface area contributed by atoms with Gasteiger partial charge in [-0.05, 0) is 15.9 Å². The van der Waals surface area contributed by atoms with Crippen molar-refractivity contribution in [2.75, 3.05) is 7.05 Å². The quantitative estimate of drug-likeness (QED) is 0.437. The largest absolute Gasteiger partial charge is 0.280 e. The van der Waals surface area contributed by atoms with E-state index in [9.17, 15) is 0 Å². The number of nitriles is 1. The number of hydrogen-bond acceptors (Lipinski definition) is 2. The lowest BCUT2D eigenvalue weighted by molar-refractivity contribution is 1.45. The maximum Gasteiger partial charge on any atom is 0.117 e. The number of halogens is 1. The van der Waals surface area contributed by atoms with Crippen LogP contribution in [0.15, 0.2) is 17.1 Å². The van der Waals surface area contributed by atoms with Crippen LogP contribution in [0.4, 0.5) is 0 Å². The Labute approximate surface area is 56.7 Å². The van der Waals surface area contributed by atoms with Gasteiger partial charge in [-0.15, -0.1) is 0 Å². The lowest BCUT2D eigenvalue weighted by Gasteiger charge is -1.85. The molecule has 0 saturated heterocycles. The highest BCUT2D eigenvalue weighted by molar-refractivity contribution is 9.18. The van der Waals surface area contributed by atoms with E-state index >= 15 is 0 Å². The van der Waals surface area contributed by atoms with Gasteiger partial charge in [-0.2, -0.15) is 5.26 Å². The minimum absolute atomic E-state index is 0.354. The Morgan fingerprint density at radius 2 is 2.38 bits per heavy atom. The summed E-state index contributed by atoms with van der Waals surface area (Å²) in [6, 6.07) is 1.84. The first-order chi connectivity index (χ1) is 3.72. The molecule has 8 heavy (non-hydrogen) atoms. The van der Waals surface area contributed by atoms with Crippen LogP contribution in [0.5, 0.6) is 0 Å². The van der Waals surface area contributed by atoms with Gasteiger partial charge < -0.3 is 0 Å². The van der Waals surface area contributed by atoms with Gasteiger partial charge in [-0.3, -0.25) is 4.99 Å². The molecular weight excluding hydrogens is 168 g/mol. The van der Waals surface area contributed by atoms with Crippen molar-refractivity contribution in [3.63, 3.8) is 0 Å². The van der Waals surface area contributed by atoms with Crippen LogP contribution < -0.4 is 0 Å². The zero-order chi connectivity index (χ0) is 6.57. The van der Waals surface area contributed by atoms with Crippen LogP contribution in [-0.2, 0) is 0 Å². The molecule has 0 N–H and O–H groups in total. The molecule has 0 amide bonds. The summed E-state index contributed by atoms with van der Waals surface area (Å²) in [5.41, 5.74) is 0.354. The summed E-state index contributed by atoms with van der Waals surface area (Å²) in [6.07, 6.45) is 0. The lowest BCUT2D eigenvalue weighted by atomic mass is 10.4. The number of allylic oxidation sites excluding steroid dienone is 1. The van der Waals surface area contributed by atoms with Gasteiger partial charge in [0.25, 0.3) is 0 Å². The van der Waals surface area contributed by atoms with E-state index in [0.29, 0.717) is 10.2 Å². The molecule has 0 unspecified atom stereocenters. The third-order valence-corrected chi connectivity index (χ3v) is 1.41. The average molecular weight is 173 g/mol. The van der Waals surface area contributed by atoms with E-state index in [4.69, 9.17) is 5.26 Å².